The molecule has 2 aromatic carbocycles. The molecule has 106 valence electrons. The Balaban J connectivity index is 2.31. The molecule has 0 heterocycles. The van der Waals surface area contributed by atoms with E-state index < -0.39 is 17.7 Å². The number of hydrazine groups is 1. The first-order chi connectivity index (χ1) is 9.51. The largest absolute Gasteiger partial charge is 0.271 e. The van der Waals surface area contributed by atoms with Crippen molar-refractivity contribution in [2.75, 3.05) is 0 Å². The van der Waals surface area contributed by atoms with E-state index in [1.807, 2.05) is 22.6 Å². The summed E-state index contributed by atoms with van der Waals surface area (Å²) < 4.78 is 40.6. The SMILES string of the molecule is NNC(Cc1cc(F)ccc1F)c1ccc(F)cc1I. The van der Waals surface area contributed by atoms with E-state index in [1.54, 1.807) is 6.07 Å². The van der Waals surface area contributed by atoms with E-state index in [2.05, 4.69) is 5.43 Å². The molecule has 20 heavy (non-hydrogen) atoms. The summed E-state index contributed by atoms with van der Waals surface area (Å²) in [5.74, 6) is 4.12. The highest BCUT2D eigenvalue weighted by atomic mass is 127. The predicted octanol–water partition coefficient (Wildman–Crippen LogP) is 3.46. The second kappa shape index (κ2) is 6.55. The van der Waals surface area contributed by atoms with Crippen LogP contribution < -0.4 is 11.3 Å². The van der Waals surface area contributed by atoms with Gasteiger partial charge >= 0.3 is 0 Å². The fourth-order valence-electron chi connectivity index (χ4n) is 1.96. The smallest absolute Gasteiger partial charge is 0.126 e. The van der Waals surface area contributed by atoms with Gasteiger partial charge in [-0.3, -0.25) is 11.3 Å². The summed E-state index contributed by atoms with van der Waals surface area (Å²) in [4.78, 5) is 0. The summed E-state index contributed by atoms with van der Waals surface area (Å²) in [5, 5.41) is 0. The molecule has 0 radical (unpaired) electrons. The predicted molar refractivity (Wildman–Crippen MR) is 79.2 cm³/mol. The number of hydrogen-bond acceptors (Lipinski definition) is 2. The van der Waals surface area contributed by atoms with E-state index in [4.69, 9.17) is 5.84 Å². The van der Waals surface area contributed by atoms with Crippen molar-refractivity contribution in [2.24, 2.45) is 5.84 Å². The molecule has 0 spiro atoms. The summed E-state index contributed by atoms with van der Waals surface area (Å²) in [5.41, 5.74) is 3.51. The number of hydrogen-bond donors (Lipinski definition) is 2. The van der Waals surface area contributed by atoms with Gasteiger partial charge in [0.25, 0.3) is 0 Å². The summed E-state index contributed by atoms with van der Waals surface area (Å²) in [6.07, 6.45) is 0.168. The van der Waals surface area contributed by atoms with Crippen LogP contribution in [0, 0.1) is 21.0 Å². The molecule has 0 saturated carbocycles. The van der Waals surface area contributed by atoms with Crippen LogP contribution in [0.3, 0.4) is 0 Å². The molecule has 0 aromatic heterocycles. The lowest BCUT2D eigenvalue weighted by molar-refractivity contribution is 0.520. The molecule has 2 nitrogen and oxygen atoms in total. The Labute approximate surface area is 128 Å². The molecule has 0 saturated heterocycles. The Bertz CT molecular complexity index is 619. The van der Waals surface area contributed by atoms with Gasteiger partial charge in [-0.15, -0.1) is 0 Å². The Morgan fingerprint density at radius 2 is 1.70 bits per heavy atom. The molecule has 0 amide bonds. The lowest BCUT2D eigenvalue weighted by Crippen LogP contribution is -2.30. The van der Waals surface area contributed by atoms with Crippen molar-refractivity contribution in [2.45, 2.75) is 12.5 Å². The number of benzene rings is 2. The molecular formula is C14H12F3IN2. The van der Waals surface area contributed by atoms with Crippen LogP contribution in [0.25, 0.3) is 0 Å². The van der Waals surface area contributed by atoms with Crippen molar-refractivity contribution in [1.82, 2.24) is 5.43 Å². The highest BCUT2D eigenvalue weighted by Gasteiger charge is 2.16. The van der Waals surface area contributed by atoms with Crippen molar-refractivity contribution in [3.63, 3.8) is 0 Å². The van der Waals surface area contributed by atoms with Crippen LogP contribution in [0.5, 0.6) is 0 Å². The lowest BCUT2D eigenvalue weighted by atomic mass is 9.99. The minimum Gasteiger partial charge on any atom is -0.271 e. The maximum Gasteiger partial charge on any atom is 0.126 e. The van der Waals surface area contributed by atoms with Crippen LogP contribution in [0.4, 0.5) is 13.2 Å². The molecule has 0 bridgehead atoms. The van der Waals surface area contributed by atoms with Gasteiger partial charge in [-0.2, -0.15) is 0 Å². The van der Waals surface area contributed by atoms with Crippen LogP contribution >= 0.6 is 22.6 Å². The fourth-order valence-corrected chi connectivity index (χ4v) is 2.82. The first-order valence-corrected chi connectivity index (χ1v) is 6.94. The van der Waals surface area contributed by atoms with Gasteiger partial charge in [0, 0.05) is 3.57 Å². The first-order valence-electron chi connectivity index (χ1n) is 5.86. The molecule has 1 atom stereocenters. The zero-order valence-corrected chi connectivity index (χ0v) is 12.5. The lowest BCUT2D eigenvalue weighted by Gasteiger charge is -2.18. The number of nitrogens with one attached hydrogen (secondary N) is 1. The summed E-state index contributed by atoms with van der Waals surface area (Å²) >= 11 is 1.98. The summed E-state index contributed by atoms with van der Waals surface area (Å²) in [6, 6.07) is 7.10. The van der Waals surface area contributed by atoms with Gasteiger partial charge in [-0.05, 0) is 70.5 Å². The third-order valence-electron chi connectivity index (χ3n) is 2.97. The first kappa shape index (κ1) is 15.3. The third kappa shape index (κ3) is 3.50. The molecule has 0 aliphatic carbocycles. The molecule has 3 N–H and O–H groups in total. The van der Waals surface area contributed by atoms with Crippen LogP contribution in [0.15, 0.2) is 36.4 Å². The highest BCUT2D eigenvalue weighted by molar-refractivity contribution is 14.1. The van der Waals surface area contributed by atoms with Crippen molar-refractivity contribution in [3.05, 3.63) is 68.5 Å². The Kier molecular flexibility index (Phi) is 5.00. The average Bonchev–Trinajstić information content (AvgIpc) is 2.40. The van der Waals surface area contributed by atoms with Gasteiger partial charge in [0.1, 0.15) is 17.5 Å². The Hall–Kier alpha value is -1.12. The number of halogens is 4. The normalized spacial score (nSPS) is 12.4. The van der Waals surface area contributed by atoms with Gasteiger partial charge in [0.15, 0.2) is 0 Å². The molecule has 0 aliphatic heterocycles. The molecular weight excluding hydrogens is 380 g/mol. The van der Waals surface area contributed by atoms with Gasteiger partial charge in [0.05, 0.1) is 6.04 Å². The van der Waals surface area contributed by atoms with Crippen molar-refractivity contribution in [3.8, 4) is 0 Å². The Morgan fingerprint density at radius 1 is 1.05 bits per heavy atom. The third-order valence-corrected chi connectivity index (χ3v) is 3.91. The van der Waals surface area contributed by atoms with Crippen LogP contribution in [0.1, 0.15) is 17.2 Å². The quantitative estimate of drug-likeness (QED) is 0.475. The summed E-state index contributed by atoms with van der Waals surface area (Å²) in [7, 11) is 0. The zero-order chi connectivity index (χ0) is 14.7. The van der Waals surface area contributed by atoms with Crippen LogP contribution in [-0.2, 0) is 6.42 Å². The van der Waals surface area contributed by atoms with Crippen LogP contribution in [-0.4, -0.2) is 0 Å². The second-order valence-electron chi connectivity index (χ2n) is 4.32. The number of rotatable bonds is 4. The average molecular weight is 392 g/mol. The second-order valence-corrected chi connectivity index (χ2v) is 5.49. The van der Waals surface area contributed by atoms with Crippen molar-refractivity contribution >= 4 is 22.6 Å². The Morgan fingerprint density at radius 3 is 2.35 bits per heavy atom. The highest BCUT2D eigenvalue weighted by Crippen LogP contribution is 2.25. The molecule has 1 unspecified atom stereocenters. The van der Waals surface area contributed by atoms with Gasteiger partial charge in [-0.1, -0.05) is 6.07 Å². The van der Waals surface area contributed by atoms with Gasteiger partial charge in [0.2, 0.25) is 0 Å². The fraction of sp³-hybridized carbons (Fsp3) is 0.143. The molecule has 6 heteroatoms. The molecule has 2 aromatic rings. The number of nitrogens with two attached hydrogens (primary N) is 1. The molecule has 2 rings (SSSR count). The van der Waals surface area contributed by atoms with E-state index in [1.165, 1.54) is 12.1 Å². The minimum atomic E-state index is -0.508. The van der Waals surface area contributed by atoms with E-state index >= 15 is 0 Å². The van der Waals surface area contributed by atoms with Gasteiger partial charge in [-0.25, -0.2) is 13.2 Å². The maximum absolute atomic E-state index is 13.6. The zero-order valence-electron chi connectivity index (χ0n) is 10.3. The van der Waals surface area contributed by atoms with E-state index in [0.29, 0.717) is 3.57 Å². The van der Waals surface area contributed by atoms with E-state index in [0.717, 1.165) is 23.8 Å². The summed E-state index contributed by atoms with van der Waals surface area (Å²) in [6.45, 7) is 0. The van der Waals surface area contributed by atoms with E-state index in [-0.39, 0.29) is 17.8 Å². The topological polar surface area (TPSA) is 38.0 Å². The van der Waals surface area contributed by atoms with Crippen LogP contribution in [0.2, 0.25) is 0 Å². The van der Waals surface area contributed by atoms with Crippen molar-refractivity contribution < 1.29 is 13.2 Å². The van der Waals surface area contributed by atoms with E-state index in [9.17, 15) is 13.2 Å². The molecule has 0 aliphatic rings. The standard InChI is InChI=1S/C14H12F3IN2/c15-9-2-4-12(17)8(5-9)6-14(20-19)11-3-1-10(16)7-13(11)18/h1-5,7,14,20H,6,19H2. The maximum atomic E-state index is 13.6. The van der Waals surface area contributed by atoms with Gasteiger partial charge < -0.3 is 0 Å². The van der Waals surface area contributed by atoms with Crippen molar-refractivity contribution in [1.29, 1.82) is 0 Å². The minimum absolute atomic E-state index is 0.168. The monoisotopic (exact) mass is 392 g/mol. The molecule has 0 fully saturated rings.